The molecule has 0 aliphatic heterocycles. The van der Waals surface area contributed by atoms with Crippen LogP contribution < -0.4 is 4.74 Å². The van der Waals surface area contributed by atoms with Crippen molar-refractivity contribution in [2.75, 3.05) is 0 Å². The number of carbonyl (C=O) groups is 1. The lowest BCUT2D eigenvalue weighted by Gasteiger charge is -2.09. The van der Waals surface area contributed by atoms with Crippen LogP contribution in [-0.4, -0.2) is 17.2 Å². The van der Waals surface area contributed by atoms with E-state index in [0.717, 1.165) is 16.2 Å². The van der Waals surface area contributed by atoms with Crippen LogP contribution in [0.15, 0.2) is 36.4 Å². The van der Waals surface area contributed by atoms with E-state index in [1.165, 1.54) is 11.3 Å². The van der Waals surface area contributed by atoms with Gasteiger partial charge in [0.1, 0.15) is 10.6 Å². The molecule has 0 radical (unpaired) electrons. The normalized spacial score (nSPS) is 10.6. The molecule has 3 nitrogen and oxygen atoms in total. The number of hydrogen-bond donors (Lipinski definition) is 1. The second-order valence-corrected chi connectivity index (χ2v) is 5.24. The molecule has 1 aromatic heterocycles. The first kappa shape index (κ1) is 12.6. The van der Waals surface area contributed by atoms with E-state index in [1.54, 1.807) is 6.07 Å². The summed E-state index contributed by atoms with van der Waals surface area (Å²) in [5, 5.41) is 8.88. The lowest BCUT2D eigenvalue weighted by atomic mass is 10.2. The van der Waals surface area contributed by atoms with E-state index < -0.39 is 5.97 Å². The predicted octanol–water partition coefficient (Wildman–Crippen LogP) is 3.90. The first-order valence-electron chi connectivity index (χ1n) is 5.66. The number of hydrogen-bond acceptors (Lipinski definition) is 3. The molecule has 18 heavy (non-hydrogen) atoms. The molecule has 0 saturated carbocycles. The van der Waals surface area contributed by atoms with Gasteiger partial charge in [0.2, 0.25) is 0 Å². The van der Waals surface area contributed by atoms with Gasteiger partial charge in [0.15, 0.2) is 0 Å². The van der Waals surface area contributed by atoms with Crippen molar-refractivity contribution in [3.05, 3.63) is 41.3 Å². The van der Waals surface area contributed by atoms with Crippen molar-refractivity contribution in [1.29, 1.82) is 0 Å². The smallest absolute Gasteiger partial charge is 0.345 e. The molecule has 2 rings (SSSR count). The Morgan fingerprint density at radius 3 is 2.33 bits per heavy atom. The maximum Gasteiger partial charge on any atom is 0.345 e. The maximum absolute atomic E-state index is 10.8. The molecular weight excluding hydrogens is 248 g/mol. The van der Waals surface area contributed by atoms with Crippen LogP contribution >= 0.6 is 11.3 Å². The number of thiophene rings is 1. The van der Waals surface area contributed by atoms with Gasteiger partial charge in [0.05, 0.1) is 6.10 Å². The van der Waals surface area contributed by atoms with E-state index in [1.807, 2.05) is 44.2 Å². The predicted molar refractivity (Wildman–Crippen MR) is 72.5 cm³/mol. The first-order valence-corrected chi connectivity index (χ1v) is 6.48. The van der Waals surface area contributed by atoms with Crippen LogP contribution in [0.25, 0.3) is 10.4 Å². The van der Waals surface area contributed by atoms with Crippen molar-refractivity contribution in [3.63, 3.8) is 0 Å². The van der Waals surface area contributed by atoms with Gasteiger partial charge in [-0.3, -0.25) is 0 Å². The highest BCUT2D eigenvalue weighted by Crippen LogP contribution is 2.29. The third-order valence-corrected chi connectivity index (χ3v) is 3.45. The lowest BCUT2D eigenvalue weighted by Crippen LogP contribution is -2.04. The molecule has 94 valence electrons. The fourth-order valence-electron chi connectivity index (χ4n) is 1.58. The van der Waals surface area contributed by atoms with Crippen molar-refractivity contribution in [2.45, 2.75) is 20.0 Å². The Hall–Kier alpha value is -1.81. The van der Waals surface area contributed by atoms with E-state index in [-0.39, 0.29) is 6.10 Å². The molecular formula is C14H14O3S. The molecule has 0 atom stereocenters. The zero-order chi connectivity index (χ0) is 13.1. The average molecular weight is 262 g/mol. The molecule has 0 fully saturated rings. The molecule has 0 bridgehead atoms. The summed E-state index contributed by atoms with van der Waals surface area (Å²) in [6.07, 6.45) is 0.149. The van der Waals surface area contributed by atoms with Gasteiger partial charge in [-0.05, 0) is 55.8 Å². The fourth-order valence-corrected chi connectivity index (χ4v) is 2.43. The minimum atomic E-state index is -0.883. The van der Waals surface area contributed by atoms with E-state index in [4.69, 9.17) is 9.84 Å². The molecule has 4 heteroatoms. The zero-order valence-corrected chi connectivity index (χ0v) is 11.0. The number of aromatic carboxylic acids is 1. The Bertz CT molecular complexity index is 540. The van der Waals surface area contributed by atoms with Crippen LogP contribution in [0.3, 0.4) is 0 Å². The molecule has 1 aromatic carbocycles. The van der Waals surface area contributed by atoms with Crippen LogP contribution in [0, 0.1) is 0 Å². The quantitative estimate of drug-likeness (QED) is 0.909. The van der Waals surface area contributed by atoms with Crippen LogP contribution in [0.5, 0.6) is 5.75 Å². The highest BCUT2D eigenvalue weighted by Gasteiger charge is 2.08. The molecule has 0 aliphatic rings. The summed E-state index contributed by atoms with van der Waals surface area (Å²) in [6.45, 7) is 3.96. The van der Waals surface area contributed by atoms with Gasteiger partial charge >= 0.3 is 5.97 Å². The maximum atomic E-state index is 10.8. The second kappa shape index (κ2) is 5.23. The summed E-state index contributed by atoms with van der Waals surface area (Å²) in [5.41, 5.74) is 1.00. The number of carboxylic acid groups (broad SMARTS) is 1. The molecule has 0 unspecified atom stereocenters. The van der Waals surface area contributed by atoms with Crippen LogP contribution in [0.4, 0.5) is 0 Å². The third-order valence-electron chi connectivity index (χ3n) is 2.33. The topological polar surface area (TPSA) is 46.5 Å². The number of carboxylic acids is 1. The van der Waals surface area contributed by atoms with Gasteiger partial charge in [-0.2, -0.15) is 0 Å². The highest BCUT2D eigenvalue weighted by molar-refractivity contribution is 7.17. The minimum absolute atomic E-state index is 0.149. The van der Waals surface area contributed by atoms with Crippen molar-refractivity contribution in [1.82, 2.24) is 0 Å². The third kappa shape index (κ3) is 2.90. The molecule has 0 spiro atoms. The van der Waals surface area contributed by atoms with Crippen molar-refractivity contribution < 1.29 is 14.6 Å². The summed E-state index contributed by atoms with van der Waals surface area (Å²) < 4.78 is 5.56. The van der Waals surface area contributed by atoms with E-state index >= 15 is 0 Å². The Labute approximate surface area is 110 Å². The Morgan fingerprint density at radius 1 is 1.17 bits per heavy atom. The molecule has 2 aromatic rings. The molecule has 1 heterocycles. The highest BCUT2D eigenvalue weighted by atomic mass is 32.1. The standard InChI is InChI=1S/C14H14O3S/c1-9(2)17-11-5-3-10(4-6-11)12-7-8-13(18-12)14(15)16/h3-9H,1-2H3,(H,15,16). The lowest BCUT2D eigenvalue weighted by molar-refractivity contribution is 0.0702. The van der Waals surface area contributed by atoms with Gasteiger partial charge in [-0.1, -0.05) is 0 Å². The molecule has 0 saturated heterocycles. The summed E-state index contributed by atoms with van der Waals surface area (Å²) >= 11 is 1.27. The Morgan fingerprint density at radius 2 is 1.83 bits per heavy atom. The molecule has 0 aliphatic carbocycles. The van der Waals surface area contributed by atoms with Crippen molar-refractivity contribution in [3.8, 4) is 16.2 Å². The van der Waals surface area contributed by atoms with Gasteiger partial charge < -0.3 is 9.84 Å². The van der Waals surface area contributed by atoms with Gasteiger partial charge in [0.25, 0.3) is 0 Å². The van der Waals surface area contributed by atoms with Gasteiger partial charge in [-0.25, -0.2) is 4.79 Å². The summed E-state index contributed by atoms with van der Waals surface area (Å²) in [5.74, 6) is -0.0604. The van der Waals surface area contributed by atoms with Crippen LogP contribution in [0.2, 0.25) is 0 Å². The number of benzene rings is 1. The zero-order valence-electron chi connectivity index (χ0n) is 10.2. The summed E-state index contributed by atoms with van der Waals surface area (Å²) in [7, 11) is 0. The molecule has 0 amide bonds. The van der Waals surface area contributed by atoms with Crippen molar-refractivity contribution >= 4 is 17.3 Å². The van der Waals surface area contributed by atoms with E-state index in [2.05, 4.69) is 0 Å². The monoisotopic (exact) mass is 262 g/mol. The minimum Gasteiger partial charge on any atom is -0.491 e. The van der Waals surface area contributed by atoms with E-state index in [0.29, 0.717) is 4.88 Å². The average Bonchev–Trinajstić information content (AvgIpc) is 2.78. The van der Waals surface area contributed by atoms with Crippen LogP contribution in [0.1, 0.15) is 23.5 Å². The largest absolute Gasteiger partial charge is 0.491 e. The Kier molecular flexibility index (Phi) is 3.67. The van der Waals surface area contributed by atoms with E-state index in [9.17, 15) is 4.79 Å². The van der Waals surface area contributed by atoms with Gasteiger partial charge in [0, 0.05) is 4.88 Å². The molecule has 1 N–H and O–H groups in total. The van der Waals surface area contributed by atoms with Gasteiger partial charge in [-0.15, -0.1) is 11.3 Å². The Balaban J connectivity index is 2.20. The fraction of sp³-hybridized carbons (Fsp3) is 0.214. The second-order valence-electron chi connectivity index (χ2n) is 4.16. The SMILES string of the molecule is CC(C)Oc1ccc(-c2ccc(C(=O)O)s2)cc1. The number of ether oxygens (including phenoxy) is 1. The number of rotatable bonds is 4. The van der Waals surface area contributed by atoms with Crippen LogP contribution in [-0.2, 0) is 0 Å². The summed E-state index contributed by atoms with van der Waals surface area (Å²) in [6, 6.07) is 11.1. The first-order chi connectivity index (χ1) is 8.56. The summed E-state index contributed by atoms with van der Waals surface area (Å²) in [4.78, 5) is 12.1. The van der Waals surface area contributed by atoms with Crippen molar-refractivity contribution in [2.24, 2.45) is 0 Å².